The van der Waals surface area contributed by atoms with Gasteiger partial charge in [-0.3, -0.25) is 19.8 Å². The second kappa shape index (κ2) is 9.34. The van der Waals surface area contributed by atoms with E-state index in [0.29, 0.717) is 36.4 Å². The van der Waals surface area contributed by atoms with Gasteiger partial charge in [0.05, 0.1) is 17.6 Å². The van der Waals surface area contributed by atoms with Crippen LogP contribution in [-0.4, -0.2) is 60.0 Å². The molecule has 8 nitrogen and oxygen atoms in total. The molecule has 31 heavy (non-hydrogen) atoms. The molecule has 0 atom stereocenters. The average molecular weight is 425 g/mol. The Morgan fingerprint density at radius 1 is 1.00 bits per heavy atom. The van der Waals surface area contributed by atoms with E-state index >= 15 is 0 Å². The Bertz CT molecular complexity index is 933. The molecule has 1 saturated heterocycles. The van der Waals surface area contributed by atoms with Gasteiger partial charge >= 0.3 is 0 Å². The van der Waals surface area contributed by atoms with Crippen molar-refractivity contribution in [3.63, 3.8) is 0 Å². The monoisotopic (exact) mass is 425 g/mol. The molecule has 0 bridgehead atoms. The van der Waals surface area contributed by atoms with Crippen LogP contribution in [0.25, 0.3) is 0 Å². The van der Waals surface area contributed by atoms with E-state index in [1.807, 2.05) is 0 Å². The number of ether oxygens (including phenoxy) is 2. The van der Waals surface area contributed by atoms with E-state index in [2.05, 4.69) is 4.90 Å². The number of nitro groups is 1. The number of nitro benzene ring substituents is 1. The van der Waals surface area contributed by atoms with Crippen LogP contribution in [0.15, 0.2) is 42.5 Å². The molecule has 1 amide bonds. The summed E-state index contributed by atoms with van der Waals surface area (Å²) in [6, 6.07) is 11.8. The van der Waals surface area contributed by atoms with Gasteiger partial charge in [0.2, 0.25) is 0 Å². The minimum Gasteiger partial charge on any atom is -0.497 e. The Morgan fingerprint density at radius 2 is 1.65 bits per heavy atom. The molecule has 2 aromatic rings. The Labute approximate surface area is 181 Å². The number of amides is 1. The van der Waals surface area contributed by atoms with Crippen LogP contribution in [0.5, 0.6) is 17.2 Å². The highest BCUT2D eigenvalue weighted by Gasteiger charge is 2.30. The number of non-ortho nitro benzene ring substituents is 1. The Kier molecular flexibility index (Phi) is 6.36. The molecule has 0 aromatic heterocycles. The van der Waals surface area contributed by atoms with Gasteiger partial charge in [0.15, 0.2) is 0 Å². The van der Waals surface area contributed by atoms with Gasteiger partial charge < -0.3 is 14.4 Å². The zero-order chi connectivity index (χ0) is 21.8. The summed E-state index contributed by atoms with van der Waals surface area (Å²) in [4.78, 5) is 28.3. The van der Waals surface area contributed by atoms with Crippen LogP contribution < -0.4 is 9.47 Å². The zero-order valence-electron chi connectivity index (χ0n) is 17.7. The molecule has 1 aliphatic carbocycles. The standard InChI is InChI=1S/C23H27N3O5/c1-30-19-7-9-20(10-8-19)31-22-11-6-18(26(28)29)16-21(22)23(27)25-14-12-24(13-15-25)17-4-2-3-5-17/h6-11,16-17H,2-5,12-15H2,1H3. The van der Waals surface area contributed by atoms with Crippen LogP contribution in [0.4, 0.5) is 5.69 Å². The van der Waals surface area contributed by atoms with Gasteiger partial charge in [-0.2, -0.15) is 0 Å². The summed E-state index contributed by atoms with van der Waals surface area (Å²) in [6.07, 6.45) is 5.03. The number of carbonyl (C=O) groups is 1. The van der Waals surface area contributed by atoms with Crippen molar-refractivity contribution in [2.45, 2.75) is 31.7 Å². The van der Waals surface area contributed by atoms with Gasteiger partial charge in [-0.05, 0) is 43.2 Å². The highest BCUT2D eigenvalue weighted by molar-refractivity contribution is 5.97. The van der Waals surface area contributed by atoms with Crippen molar-refractivity contribution < 1.29 is 19.2 Å². The van der Waals surface area contributed by atoms with Crippen LogP contribution in [0.1, 0.15) is 36.0 Å². The van der Waals surface area contributed by atoms with Gasteiger partial charge in [0.1, 0.15) is 17.2 Å². The van der Waals surface area contributed by atoms with E-state index in [0.717, 1.165) is 13.1 Å². The quantitative estimate of drug-likeness (QED) is 0.512. The van der Waals surface area contributed by atoms with Crippen molar-refractivity contribution in [1.29, 1.82) is 0 Å². The highest BCUT2D eigenvalue weighted by Crippen LogP contribution is 2.31. The second-order valence-corrected chi connectivity index (χ2v) is 7.98. The lowest BCUT2D eigenvalue weighted by Gasteiger charge is -2.38. The van der Waals surface area contributed by atoms with Crippen LogP contribution in [-0.2, 0) is 0 Å². The lowest BCUT2D eigenvalue weighted by molar-refractivity contribution is -0.384. The van der Waals surface area contributed by atoms with E-state index in [1.54, 1.807) is 36.3 Å². The predicted molar refractivity (Wildman–Crippen MR) is 116 cm³/mol. The van der Waals surface area contributed by atoms with Gasteiger partial charge in [-0.15, -0.1) is 0 Å². The van der Waals surface area contributed by atoms with Crippen molar-refractivity contribution in [2.24, 2.45) is 0 Å². The maximum absolute atomic E-state index is 13.3. The molecular formula is C23H27N3O5. The van der Waals surface area contributed by atoms with E-state index < -0.39 is 4.92 Å². The van der Waals surface area contributed by atoms with Crippen molar-refractivity contribution in [1.82, 2.24) is 9.80 Å². The predicted octanol–water partition coefficient (Wildman–Crippen LogP) is 4.10. The Hall–Kier alpha value is -3.13. The largest absolute Gasteiger partial charge is 0.497 e. The molecule has 2 aliphatic rings. The summed E-state index contributed by atoms with van der Waals surface area (Å²) in [5, 5.41) is 11.3. The van der Waals surface area contributed by atoms with Crippen molar-refractivity contribution >= 4 is 11.6 Å². The van der Waals surface area contributed by atoms with Gasteiger partial charge in [0, 0.05) is 44.4 Å². The smallest absolute Gasteiger partial charge is 0.270 e. The van der Waals surface area contributed by atoms with Crippen LogP contribution in [0, 0.1) is 10.1 Å². The summed E-state index contributed by atoms with van der Waals surface area (Å²) in [5.41, 5.74) is 0.0781. The lowest BCUT2D eigenvalue weighted by atomic mass is 10.1. The van der Waals surface area contributed by atoms with E-state index in [-0.39, 0.29) is 17.2 Å². The SMILES string of the molecule is COc1ccc(Oc2ccc([N+](=O)[O-])cc2C(=O)N2CCN(C3CCCC3)CC2)cc1. The molecular weight excluding hydrogens is 398 g/mol. The number of nitrogens with zero attached hydrogens (tertiary/aromatic N) is 3. The van der Waals surface area contributed by atoms with Crippen molar-refractivity contribution in [3.8, 4) is 17.2 Å². The zero-order valence-corrected chi connectivity index (χ0v) is 17.7. The summed E-state index contributed by atoms with van der Waals surface area (Å²) >= 11 is 0. The maximum atomic E-state index is 13.3. The molecule has 164 valence electrons. The maximum Gasteiger partial charge on any atom is 0.270 e. The first-order chi connectivity index (χ1) is 15.0. The third-order valence-electron chi connectivity index (χ3n) is 6.13. The molecule has 8 heteroatoms. The first-order valence-electron chi connectivity index (χ1n) is 10.7. The molecule has 0 spiro atoms. The summed E-state index contributed by atoms with van der Waals surface area (Å²) in [5.74, 6) is 1.28. The van der Waals surface area contributed by atoms with Crippen molar-refractivity contribution in [3.05, 3.63) is 58.1 Å². The Balaban J connectivity index is 1.52. The van der Waals surface area contributed by atoms with Gasteiger partial charge in [-0.1, -0.05) is 12.8 Å². The van der Waals surface area contributed by atoms with Gasteiger partial charge in [0.25, 0.3) is 11.6 Å². The molecule has 2 fully saturated rings. The first kappa shape index (κ1) is 21.1. The number of rotatable bonds is 6. The third-order valence-corrected chi connectivity index (χ3v) is 6.13. The molecule has 2 aromatic carbocycles. The summed E-state index contributed by atoms with van der Waals surface area (Å²) in [6.45, 7) is 2.89. The van der Waals surface area contributed by atoms with Crippen LogP contribution in [0.2, 0.25) is 0 Å². The molecule has 0 radical (unpaired) electrons. The third kappa shape index (κ3) is 4.80. The summed E-state index contributed by atoms with van der Waals surface area (Å²) in [7, 11) is 1.58. The molecule has 0 N–H and O–H groups in total. The molecule has 1 aliphatic heterocycles. The number of methoxy groups -OCH3 is 1. The number of hydrogen-bond donors (Lipinski definition) is 0. The minimum atomic E-state index is -0.494. The molecule has 1 saturated carbocycles. The molecule has 0 unspecified atom stereocenters. The van der Waals surface area contributed by atoms with Crippen molar-refractivity contribution in [2.75, 3.05) is 33.3 Å². The number of hydrogen-bond acceptors (Lipinski definition) is 6. The first-order valence-corrected chi connectivity index (χ1v) is 10.7. The minimum absolute atomic E-state index is 0.130. The highest BCUT2D eigenvalue weighted by atomic mass is 16.6. The summed E-state index contributed by atoms with van der Waals surface area (Å²) < 4.78 is 11.1. The second-order valence-electron chi connectivity index (χ2n) is 7.98. The van der Waals surface area contributed by atoms with E-state index in [4.69, 9.17) is 9.47 Å². The topological polar surface area (TPSA) is 85.1 Å². The van der Waals surface area contributed by atoms with Crippen LogP contribution in [0.3, 0.4) is 0 Å². The number of piperazine rings is 1. The van der Waals surface area contributed by atoms with Gasteiger partial charge in [-0.25, -0.2) is 0 Å². The lowest BCUT2D eigenvalue weighted by Crippen LogP contribution is -2.51. The fourth-order valence-electron chi connectivity index (χ4n) is 4.39. The molecule has 1 heterocycles. The fraction of sp³-hybridized carbons (Fsp3) is 0.435. The normalized spacial score (nSPS) is 17.5. The number of benzene rings is 2. The fourth-order valence-corrected chi connectivity index (χ4v) is 4.39. The molecule has 4 rings (SSSR count). The Morgan fingerprint density at radius 3 is 2.26 bits per heavy atom. The van der Waals surface area contributed by atoms with Crippen LogP contribution >= 0.6 is 0 Å². The van der Waals surface area contributed by atoms with E-state index in [9.17, 15) is 14.9 Å². The average Bonchev–Trinajstić information content (AvgIpc) is 3.34. The number of carbonyl (C=O) groups excluding carboxylic acids is 1. The van der Waals surface area contributed by atoms with E-state index in [1.165, 1.54) is 43.9 Å².